The van der Waals surface area contributed by atoms with Gasteiger partial charge >= 0.3 is 0 Å². The molecule has 13 heavy (non-hydrogen) atoms. The lowest BCUT2D eigenvalue weighted by atomic mass is 10.0. The normalized spacial score (nSPS) is 14.8. The molecule has 4 nitrogen and oxygen atoms in total. The zero-order chi connectivity index (χ0) is 10.5. The zero-order valence-corrected chi connectivity index (χ0v) is 9.39. The molecule has 1 atom stereocenters. The Morgan fingerprint density at radius 3 is 2.23 bits per heavy atom. The van der Waals surface area contributed by atoms with E-state index in [0.29, 0.717) is 13.0 Å². The van der Waals surface area contributed by atoms with Crippen LogP contribution < -0.4 is 10.5 Å². The molecule has 0 aliphatic rings. The molecule has 0 radical (unpaired) electrons. The van der Waals surface area contributed by atoms with E-state index in [4.69, 9.17) is 5.73 Å². The van der Waals surface area contributed by atoms with Crippen molar-refractivity contribution < 1.29 is 8.42 Å². The molecule has 0 heterocycles. The third-order valence-electron chi connectivity index (χ3n) is 1.99. The Hall–Kier alpha value is -0.130. The summed E-state index contributed by atoms with van der Waals surface area (Å²) in [5.41, 5.74) is 5.39. The standard InChI is InChI=1S/C8H20N2O2S/c1-4-13(11,12)10-8(5-6-9)7(2)3/h7-8,10H,4-6,9H2,1-3H3. The molecule has 0 aliphatic heterocycles. The van der Waals surface area contributed by atoms with Gasteiger partial charge in [0.25, 0.3) is 0 Å². The van der Waals surface area contributed by atoms with Gasteiger partial charge in [-0.15, -0.1) is 0 Å². The summed E-state index contributed by atoms with van der Waals surface area (Å²) in [6, 6.07) is -0.0325. The minimum atomic E-state index is -3.09. The molecule has 0 aromatic rings. The molecule has 5 heteroatoms. The van der Waals surface area contributed by atoms with Crippen LogP contribution >= 0.6 is 0 Å². The predicted octanol–water partition coefficient (Wildman–Crippen LogP) is 0.299. The smallest absolute Gasteiger partial charge is 0.211 e. The van der Waals surface area contributed by atoms with E-state index in [9.17, 15) is 8.42 Å². The van der Waals surface area contributed by atoms with Gasteiger partial charge in [0.05, 0.1) is 5.75 Å². The van der Waals surface area contributed by atoms with Crippen molar-refractivity contribution >= 4 is 10.0 Å². The Bertz CT molecular complexity index is 224. The topological polar surface area (TPSA) is 72.2 Å². The number of hydrogen-bond acceptors (Lipinski definition) is 3. The van der Waals surface area contributed by atoms with Crippen LogP contribution in [0, 0.1) is 5.92 Å². The van der Waals surface area contributed by atoms with E-state index in [1.165, 1.54) is 0 Å². The summed E-state index contributed by atoms with van der Waals surface area (Å²) in [5.74, 6) is 0.408. The summed E-state index contributed by atoms with van der Waals surface area (Å²) in [6.45, 7) is 6.11. The monoisotopic (exact) mass is 208 g/mol. The third-order valence-corrected chi connectivity index (χ3v) is 3.42. The molecular weight excluding hydrogens is 188 g/mol. The minimum Gasteiger partial charge on any atom is -0.330 e. The number of rotatable bonds is 6. The molecule has 0 amide bonds. The molecule has 0 aliphatic carbocycles. The number of sulfonamides is 1. The van der Waals surface area contributed by atoms with Crippen LogP contribution in [0.2, 0.25) is 0 Å². The van der Waals surface area contributed by atoms with Gasteiger partial charge in [-0.25, -0.2) is 13.1 Å². The molecule has 0 aromatic carbocycles. The molecule has 0 saturated carbocycles. The van der Waals surface area contributed by atoms with E-state index < -0.39 is 10.0 Å². The van der Waals surface area contributed by atoms with E-state index in [0.717, 1.165) is 0 Å². The van der Waals surface area contributed by atoms with Gasteiger partial charge in [0, 0.05) is 6.04 Å². The number of hydrogen-bond donors (Lipinski definition) is 2. The lowest BCUT2D eigenvalue weighted by Crippen LogP contribution is -2.40. The zero-order valence-electron chi connectivity index (χ0n) is 8.58. The third kappa shape index (κ3) is 5.23. The quantitative estimate of drug-likeness (QED) is 0.659. The summed E-state index contributed by atoms with van der Waals surface area (Å²) in [6.07, 6.45) is 0.691. The second-order valence-corrected chi connectivity index (χ2v) is 5.49. The number of nitrogens with two attached hydrogens (primary N) is 1. The van der Waals surface area contributed by atoms with E-state index >= 15 is 0 Å². The van der Waals surface area contributed by atoms with Crippen molar-refractivity contribution in [3.8, 4) is 0 Å². The summed E-state index contributed by atoms with van der Waals surface area (Å²) >= 11 is 0. The molecule has 0 spiro atoms. The fourth-order valence-electron chi connectivity index (χ4n) is 1.02. The Balaban J connectivity index is 4.26. The maximum absolute atomic E-state index is 11.2. The Morgan fingerprint density at radius 2 is 1.92 bits per heavy atom. The Labute approximate surface area is 80.9 Å². The molecule has 0 aromatic heterocycles. The lowest BCUT2D eigenvalue weighted by molar-refractivity contribution is 0.429. The first-order valence-corrected chi connectivity index (χ1v) is 6.28. The Morgan fingerprint density at radius 1 is 1.38 bits per heavy atom. The summed E-state index contributed by atoms with van der Waals surface area (Å²) in [5, 5.41) is 0. The first-order valence-electron chi connectivity index (χ1n) is 4.63. The van der Waals surface area contributed by atoms with Crippen molar-refractivity contribution in [3.05, 3.63) is 0 Å². The SMILES string of the molecule is CCS(=O)(=O)NC(CCN)C(C)C. The van der Waals surface area contributed by atoms with Gasteiger partial charge < -0.3 is 5.73 Å². The summed E-state index contributed by atoms with van der Waals surface area (Å²) < 4.78 is 25.1. The van der Waals surface area contributed by atoms with Gasteiger partial charge in [0.1, 0.15) is 0 Å². The average molecular weight is 208 g/mol. The van der Waals surface area contributed by atoms with Crippen LogP contribution in [-0.2, 0) is 10.0 Å². The highest BCUT2D eigenvalue weighted by Crippen LogP contribution is 2.06. The minimum absolute atomic E-state index is 0.0325. The van der Waals surface area contributed by atoms with Crippen molar-refractivity contribution in [1.82, 2.24) is 4.72 Å². The highest BCUT2D eigenvalue weighted by Gasteiger charge is 2.18. The predicted molar refractivity (Wildman–Crippen MR) is 54.9 cm³/mol. The Kier molecular flexibility index (Phi) is 5.51. The summed E-state index contributed by atoms with van der Waals surface area (Å²) in [4.78, 5) is 0. The largest absolute Gasteiger partial charge is 0.330 e. The van der Waals surface area contributed by atoms with Crippen LogP contribution in [0.1, 0.15) is 27.2 Å². The van der Waals surface area contributed by atoms with Crippen molar-refractivity contribution in [2.75, 3.05) is 12.3 Å². The van der Waals surface area contributed by atoms with Crippen molar-refractivity contribution in [1.29, 1.82) is 0 Å². The van der Waals surface area contributed by atoms with Gasteiger partial charge in [-0.05, 0) is 25.8 Å². The first kappa shape index (κ1) is 12.9. The fourth-order valence-corrected chi connectivity index (χ4v) is 2.04. The summed E-state index contributed by atoms with van der Waals surface area (Å²) in [7, 11) is -3.09. The molecule has 3 N–H and O–H groups in total. The number of nitrogens with one attached hydrogen (secondary N) is 1. The highest BCUT2D eigenvalue weighted by atomic mass is 32.2. The second kappa shape index (κ2) is 5.57. The van der Waals surface area contributed by atoms with Gasteiger partial charge in [0.15, 0.2) is 0 Å². The van der Waals surface area contributed by atoms with Crippen LogP contribution in [-0.4, -0.2) is 26.8 Å². The first-order chi connectivity index (χ1) is 5.93. The molecule has 0 fully saturated rings. The van der Waals surface area contributed by atoms with Gasteiger partial charge in [-0.1, -0.05) is 13.8 Å². The van der Waals surface area contributed by atoms with E-state index in [2.05, 4.69) is 4.72 Å². The average Bonchev–Trinajstić information content (AvgIpc) is 2.03. The van der Waals surface area contributed by atoms with Crippen LogP contribution in [0.5, 0.6) is 0 Å². The van der Waals surface area contributed by atoms with Gasteiger partial charge in [-0.3, -0.25) is 0 Å². The fraction of sp³-hybridized carbons (Fsp3) is 1.00. The van der Waals surface area contributed by atoms with Crippen LogP contribution in [0.15, 0.2) is 0 Å². The van der Waals surface area contributed by atoms with Crippen LogP contribution in [0.4, 0.5) is 0 Å². The van der Waals surface area contributed by atoms with Crippen molar-refractivity contribution in [2.45, 2.75) is 33.2 Å². The van der Waals surface area contributed by atoms with E-state index in [1.807, 2.05) is 13.8 Å². The second-order valence-electron chi connectivity index (χ2n) is 3.45. The molecule has 1 unspecified atom stereocenters. The lowest BCUT2D eigenvalue weighted by Gasteiger charge is -2.20. The molecule has 0 rings (SSSR count). The maximum Gasteiger partial charge on any atom is 0.211 e. The van der Waals surface area contributed by atoms with E-state index in [1.54, 1.807) is 6.92 Å². The molecule has 80 valence electrons. The highest BCUT2D eigenvalue weighted by molar-refractivity contribution is 7.89. The van der Waals surface area contributed by atoms with Crippen LogP contribution in [0.3, 0.4) is 0 Å². The maximum atomic E-state index is 11.2. The van der Waals surface area contributed by atoms with Crippen LogP contribution in [0.25, 0.3) is 0 Å². The van der Waals surface area contributed by atoms with Gasteiger partial charge in [-0.2, -0.15) is 0 Å². The van der Waals surface area contributed by atoms with Crippen molar-refractivity contribution in [2.24, 2.45) is 11.7 Å². The van der Waals surface area contributed by atoms with E-state index in [-0.39, 0.29) is 17.7 Å². The van der Waals surface area contributed by atoms with Gasteiger partial charge in [0.2, 0.25) is 10.0 Å². The molecule has 0 bridgehead atoms. The van der Waals surface area contributed by atoms with Crippen molar-refractivity contribution in [3.63, 3.8) is 0 Å². The molecule has 0 saturated heterocycles. The molecular formula is C8H20N2O2S.